The zero-order valence-corrected chi connectivity index (χ0v) is 8.06. The van der Waals surface area contributed by atoms with Gasteiger partial charge in [-0.15, -0.1) is 0 Å². The van der Waals surface area contributed by atoms with E-state index in [1.165, 1.54) is 0 Å². The number of aromatic nitrogens is 1. The molecule has 0 fully saturated rings. The van der Waals surface area contributed by atoms with Gasteiger partial charge in [-0.05, 0) is 25.5 Å². The van der Waals surface area contributed by atoms with Crippen LogP contribution in [0.4, 0.5) is 0 Å². The second-order valence-corrected chi connectivity index (χ2v) is 2.23. The van der Waals surface area contributed by atoms with Crippen molar-refractivity contribution in [3.8, 4) is 0 Å². The maximum atomic E-state index is 9.18. The molecular formula is C10H15NO2. The summed E-state index contributed by atoms with van der Waals surface area (Å²) in [6.07, 6.45) is 2.85. The lowest BCUT2D eigenvalue weighted by Crippen LogP contribution is -1.81. The molecule has 0 radical (unpaired) electrons. The van der Waals surface area contributed by atoms with Crippen molar-refractivity contribution in [2.24, 2.45) is 0 Å². The molecule has 1 heterocycles. The van der Waals surface area contributed by atoms with Crippen LogP contribution in [0.2, 0.25) is 0 Å². The number of hydrogen-bond donors (Lipinski definition) is 0. The van der Waals surface area contributed by atoms with E-state index in [2.05, 4.69) is 16.6 Å². The fourth-order valence-corrected chi connectivity index (χ4v) is 0.675. The molecule has 0 aliphatic rings. The fraction of sp³-hybridized carbons (Fsp3) is 0.400. The van der Waals surface area contributed by atoms with Crippen LogP contribution >= 0.6 is 0 Å². The van der Waals surface area contributed by atoms with Crippen molar-refractivity contribution in [1.29, 1.82) is 0 Å². The predicted octanol–water partition coefficient (Wildman–Crippen LogP) is 1.82. The number of rotatable bonds is 3. The minimum absolute atomic E-state index is 0.431. The highest BCUT2D eigenvalue weighted by Gasteiger charge is 1.81. The molecule has 1 aromatic heterocycles. The molecule has 0 N–H and O–H groups in total. The topological polar surface area (TPSA) is 39.2 Å². The van der Waals surface area contributed by atoms with E-state index in [-0.39, 0.29) is 0 Å². The standard InChI is InChI=1S/C7H9N.C3H6O2/c1-2-7-5-3-4-6-8-7;1-2-5-3-4/h3-6H,2H2,1H3;3H,2H2,1H3. The minimum Gasteiger partial charge on any atom is -0.468 e. The van der Waals surface area contributed by atoms with Gasteiger partial charge in [-0.1, -0.05) is 13.0 Å². The zero-order chi connectivity index (χ0) is 9.94. The first-order valence-corrected chi connectivity index (χ1v) is 4.30. The van der Waals surface area contributed by atoms with E-state index in [0.29, 0.717) is 13.1 Å². The van der Waals surface area contributed by atoms with Crippen LogP contribution in [-0.2, 0) is 16.0 Å². The normalized spacial score (nSPS) is 8.15. The van der Waals surface area contributed by atoms with Crippen molar-refractivity contribution in [1.82, 2.24) is 4.98 Å². The molecule has 3 heteroatoms. The van der Waals surface area contributed by atoms with Gasteiger partial charge in [-0.25, -0.2) is 0 Å². The van der Waals surface area contributed by atoms with Crippen molar-refractivity contribution in [3.63, 3.8) is 0 Å². The molecule has 1 aromatic rings. The molecule has 13 heavy (non-hydrogen) atoms. The maximum Gasteiger partial charge on any atom is 0.293 e. The van der Waals surface area contributed by atoms with Crippen LogP contribution in [-0.4, -0.2) is 18.1 Å². The summed E-state index contributed by atoms with van der Waals surface area (Å²) in [5, 5.41) is 0. The Hall–Kier alpha value is -1.38. The number of nitrogens with zero attached hydrogens (tertiary/aromatic N) is 1. The van der Waals surface area contributed by atoms with Gasteiger partial charge in [0.2, 0.25) is 0 Å². The third-order valence-corrected chi connectivity index (χ3v) is 1.32. The Morgan fingerprint density at radius 3 is 2.46 bits per heavy atom. The summed E-state index contributed by atoms with van der Waals surface area (Å²) >= 11 is 0. The lowest BCUT2D eigenvalue weighted by atomic mass is 10.3. The summed E-state index contributed by atoms with van der Waals surface area (Å²) in [5.41, 5.74) is 1.16. The third kappa shape index (κ3) is 7.00. The van der Waals surface area contributed by atoms with Gasteiger partial charge >= 0.3 is 0 Å². The Balaban J connectivity index is 0.000000252. The number of hydrogen-bond acceptors (Lipinski definition) is 3. The van der Waals surface area contributed by atoms with Gasteiger partial charge in [0.15, 0.2) is 0 Å². The number of ether oxygens (including phenoxy) is 1. The molecule has 3 nitrogen and oxygen atoms in total. The van der Waals surface area contributed by atoms with Gasteiger partial charge in [0.05, 0.1) is 6.61 Å². The van der Waals surface area contributed by atoms with Gasteiger partial charge in [0.1, 0.15) is 0 Å². The van der Waals surface area contributed by atoms with E-state index in [4.69, 9.17) is 0 Å². The van der Waals surface area contributed by atoms with Crippen molar-refractivity contribution >= 4 is 6.47 Å². The summed E-state index contributed by atoms with van der Waals surface area (Å²) < 4.78 is 4.15. The highest BCUT2D eigenvalue weighted by atomic mass is 16.5. The first-order valence-electron chi connectivity index (χ1n) is 4.30. The molecule has 0 aliphatic heterocycles. The second kappa shape index (κ2) is 8.71. The monoisotopic (exact) mass is 181 g/mol. The lowest BCUT2D eigenvalue weighted by Gasteiger charge is -1.88. The van der Waals surface area contributed by atoms with Crippen LogP contribution in [0, 0.1) is 0 Å². The van der Waals surface area contributed by atoms with Crippen LogP contribution in [0.5, 0.6) is 0 Å². The van der Waals surface area contributed by atoms with Crippen LogP contribution in [0.3, 0.4) is 0 Å². The van der Waals surface area contributed by atoms with E-state index < -0.39 is 0 Å². The Bertz CT molecular complexity index is 211. The zero-order valence-electron chi connectivity index (χ0n) is 8.06. The first kappa shape index (κ1) is 11.6. The molecule has 0 saturated heterocycles. The quantitative estimate of drug-likeness (QED) is 0.668. The van der Waals surface area contributed by atoms with Crippen molar-refractivity contribution in [2.75, 3.05) is 6.61 Å². The first-order chi connectivity index (χ1) is 6.35. The molecule has 0 spiro atoms. The smallest absolute Gasteiger partial charge is 0.293 e. The van der Waals surface area contributed by atoms with Crippen LogP contribution in [0.1, 0.15) is 19.5 Å². The second-order valence-electron chi connectivity index (χ2n) is 2.23. The van der Waals surface area contributed by atoms with Crippen LogP contribution in [0.25, 0.3) is 0 Å². The van der Waals surface area contributed by atoms with Crippen molar-refractivity contribution in [3.05, 3.63) is 30.1 Å². The Morgan fingerprint density at radius 2 is 2.23 bits per heavy atom. The molecule has 0 saturated carbocycles. The summed E-state index contributed by atoms with van der Waals surface area (Å²) in [7, 11) is 0. The molecular weight excluding hydrogens is 166 g/mol. The van der Waals surface area contributed by atoms with Crippen molar-refractivity contribution in [2.45, 2.75) is 20.3 Å². The molecule has 0 atom stereocenters. The molecule has 0 aromatic carbocycles. The lowest BCUT2D eigenvalue weighted by molar-refractivity contribution is -0.128. The summed E-state index contributed by atoms with van der Waals surface area (Å²) in [4.78, 5) is 13.3. The summed E-state index contributed by atoms with van der Waals surface area (Å²) in [6.45, 7) is 4.76. The number of aryl methyl sites for hydroxylation is 1. The SMILES string of the molecule is CCOC=O.CCc1ccccn1. The molecule has 0 bridgehead atoms. The Morgan fingerprint density at radius 1 is 1.46 bits per heavy atom. The maximum absolute atomic E-state index is 9.18. The fourth-order valence-electron chi connectivity index (χ4n) is 0.675. The van der Waals surface area contributed by atoms with E-state index in [9.17, 15) is 4.79 Å². The average molecular weight is 181 g/mol. The molecule has 0 amide bonds. The average Bonchev–Trinajstić information content (AvgIpc) is 2.21. The highest BCUT2D eigenvalue weighted by molar-refractivity contribution is 5.36. The van der Waals surface area contributed by atoms with Crippen LogP contribution in [0.15, 0.2) is 24.4 Å². The minimum atomic E-state index is 0.431. The summed E-state index contributed by atoms with van der Waals surface area (Å²) in [5.74, 6) is 0. The summed E-state index contributed by atoms with van der Waals surface area (Å²) in [6, 6.07) is 5.96. The van der Waals surface area contributed by atoms with E-state index in [1.807, 2.05) is 24.4 Å². The van der Waals surface area contributed by atoms with Crippen molar-refractivity contribution < 1.29 is 9.53 Å². The molecule has 0 unspecified atom stereocenters. The third-order valence-electron chi connectivity index (χ3n) is 1.32. The predicted molar refractivity (Wildman–Crippen MR) is 51.3 cm³/mol. The van der Waals surface area contributed by atoms with Gasteiger partial charge in [0, 0.05) is 11.9 Å². The highest BCUT2D eigenvalue weighted by Crippen LogP contribution is 1.91. The number of pyridine rings is 1. The molecule has 72 valence electrons. The Labute approximate surface area is 78.8 Å². The van der Waals surface area contributed by atoms with Crippen LogP contribution < -0.4 is 0 Å². The Kier molecular flexibility index (Phi) is 7.79. The van der Waals surface area contributed by atoms with Gasteiger partial charge < -0.3 is 4.74 Å². The molecule has 0 aliphatic carbocycles. The largest absolute Gasteiger partial charge is 0.468 e. The number of carbonyl (C=O) groups is 1. The van der Waals surface area contributed by atoms with E-state index in [0.717, 1.165) is 12.1 Å². The van der Waals surface area contributed by atoms with Gasteiger partial charge in [0.25, 0.3) is 6.47 Å². The van der Waals surface area contributed by atoms with Gasteiger partial charge in [-0.3, -0.25) is 9.78 Å². The number of carbonyl (C=O) groups excluding carboxylic acids is 1. The van der Waals surface area contributed by atoms with E-state index >= 15 is 0 Å². The van der Waals surface area contributed by atoms with E-state index in [1.54, 1.807) is 6.92 Å². The van der Waals surface area contributed by atoms with Gasteiger partial charge in [-0.2, -0.15) is 0 Å². The molecule has 1 rings (SSSR count).